The maximum atomic E-state index is 2.43. The van der Waals surface area contributed by atoms with Crippen LogP contribution in [0.1, 0.15) is 44.2 Å². The van der Waals surface area contributed by atoms with Crippen molar-refractivity contribution in [2.75, 3.05) is 0 Å². The van der Waals surface area contributed by atoms with Gasteiger partial charge >= 0.3 is 0 Å². The van der Waals surface area contributed by atoms with E-state index in [4.69, 9.17) is 0 Å². The zero-order valence-corrected chi connectivity index (χ0v) is 13.6. The van der Waals surface area contributed by atoms with Gasteiger partial charge in [0, 0.05) is 0 Å². The molecule has 3 aliphatic rings. The lowest BCUT2D eigenvalue weighted by molar-refractivity contribution is -0.0997. The smallest absolute Gasteiger partial charge is 0.00222 e. The molecule has 0 aliphatic heterocycles. The zero-order valence-electron chi connectivity index (χ0n) is 13.6. The predicted molar refractivity (Wildman–Crippen MR) is 94.0 cm³/mol. The van der Waals surface area contributed by atoms with Crippen molar-refractivity contribution >= 4 is 0 Å². The Morgan fingerprint density at radius 2 is 1.41 bits per heavy atom. The maximum Gasteiger partial charge on any atom is -0.00222 e. The van der Waals surface area contributed by atoms with Crippen LogP contribution in [0.25, 0.3) is 11.1 Å². The van der Waals surface area contributed by atoms with Gasteiger partial charge in [-0.15, -0.1) is 0 Å². The second-order valence-corrected chi connectivity index (χ2v) is 7.30. The standard InChI is InChI=1S/C22H24/c1-3-13-21-14-22(15-21,16-21)20-11-9-19(10-12-20)18-7-5-17(4-2)6-8-18/h3,5-13H,4,14-16H2,1-2H3/b13-3+. The minimum atomic E-state index is 0.504. The second kappa shape index (κ2) is 4.84. The Balaban J connectivity index is 1.52. The van der Waals surface area contributed by atoms with E-state index in [0.29, 0.717) is 10.8 Å². The minimum absolute atomic E-state index is 0.504. The third-order valence-electron chi connectivity index (χ3n) is 5.78. The Bertz CT molecular complexity index is 681. The summed E-state index contributed by atoms with van der Waals surface area (Å²) in [5.74, 6) is 0. The number of aryl methyl sites for hydroxylation is 1. The van der Waals surface area contributed by atoms with E-state index in [0.717, 1.165) is 6.42 Å². The molecule has 112 valence electrons. The van der Waals surface area contributed by atoms with Gasteiger partial charge in [-0.3, -0.25) is 0 Å². The van der Waals surface area contributed by atoms with Crippen molar-refractivity contribution in [3.8, 4) is 11.1 Å². The van der Waals surface area contributed by atoms with E-state index in [1.807, 2.05) is 0 Å². The van der Waals surface area contributed by atoms with Crippen molar-refractivity contribution in [2.24, 2.45) is 5.41 Å². The van der Waals surface area contributed by atoms with Crippen molar-refractivity contribution in [3.63, 3.8) is 0 Å². The first-order valence-electron chi connectivity index (χ1n) is 8.52. The van der Waals surface area contributed by atoms with Crippen molar-refractivity contribution < 1.29 is 0 Å². The number of rotatable bonds is 4. The van der Waals surface area contributed by atoms with E-state index in [1.165, 1.54) is 36.0 Å². The molecular weight excluding hydrogens is 264 g/mol. The zero-order chi connectivity index (χ0) is 15.2. The lowest BCUT2D eigenvalue weighted by atomic mass is 9.33. The van der Waals surface area contributed by atoms with Gasteiger partial charge < -0.3 is 0 Å². The molecular formula is C22H24. The summed E-state index contributed by atoms with van der Waals surface area (Å²) in [6.07, 6.45) is 9.83. The first-order chi connectivity index (χ1) is 10.7. The lowest BCUT2D eigenvalue weighted by Gasteiger charge is -2.70. The van der Waals surface area contributed by atoms with Gasteiger partial charge in [0.2, 0.25) is 0 Å². The molecule has 2 aromatic rings. The molecule has 0 heterocycles. The van der Waals surface area contributed by atoms with Crippen molar-refractivity contribution in [2.45, 2.75) is 44.9 Å². The molecule has 3 aliphatic carbocycles. The van der Waals surface area contributed by atoms with Gasteiger partial charge in [0.1, 0.15) is 0 Å². The molecule has 0 nitrogen and oxygen atoms in total. The Morgan fingerprint density at radius 1 is 0.864 bits per heavy atom. The quantitative estimate of drug-likeness (QED) is 0.613. The van der Waals surface area contributed by atoms with E-state index < -0.39 is 0 Å². The fourth-order valence-electron chi connectivity index (χ4n) is 4.65. The van der Waals surface area contributed by atoms with Crippen LogP contribution in [0.3, 0.4) is 0 Å². The van der Waals surface area contributed by atoms with E-state index in [2.05, 4.69) is 74.5 Å². The molecule has 0 aromatic heterocycles. The van der Waals surface area contributed by atoms with Crippen LogP contribution in [0.2, 0.25) is 0 Å². The number of allylic oxidation sites excluding steroid dienone is 2. The molecule has 2 bridgehead atoms. The average Bonchev–Trinajstić information content (AvgIpc) is 2.50. The highest BCUT2D eigenvalue weighted by atomic mass is 14.7. The molecule has 3 saturated carbocycles. The maximum absolute atomic E-state index is 2.43. The monoisotopic (exact) mass is 288 g/mol. The van der Waals surface area contributed by atoms with Crippen LogP contribution < -0.4 is 0 Å². The first-order valence-corrected chi connectivity index (χ1v) is 8.52. The third-order valence-corrected chi connectivity index (χ3v) is 5.78. The van der Waals surface area contributed by atoms with E-state index in [1.54, 1.807) is 5.56 Å². The molecule has 0 amide bonds. The normalized spacial score (nSPS) is 29.2. The molecule has 0 atom stereocenters. The minimum Gasteiger partial charge on any atom is -0.0911 e. The Hall–Kier alpha value is -1.82. The van der Waals surface area contributed by atoms with Crippen LogP contribution in [0, 0.1) is 5.41 Å². The van der Waals surface area contributed by atoms with Crippen LogP contribution in [0.5, 0.6) is 0 Å². The van der Waals surface area contributed by atoms with Gasteiger partial charge in [0.15, 0.2) is 0 Å². The summed E-state index contributed by atoms with van der Waals surface area (Å²) >= 11 is 0. The molecule has 22 heavy (non-hydrogen) atoms. The van der Waals surface area contributed by atoms with Crippen LogP contribution in [0.15, 0.2) is 60.7 Å². The van der Waals surface area contributed by atoms with Gasteiger partial charge in [0.05, 0.1) is 0 Å². The van der Waals surface area contributed by atoms with Gasteiger partial charge in [-0.1, -0.05) is 67.6 Å². The molecule has 2 aromatic carbocycles. The second-order valence-electron chi connectivity index (χ2n) is 7.30. The molecule has 0 heteroatoms. The highest BCUT2D eigenvalue weighted by Crippen LogP contribution is 2.74. The van der Waals surface area contributed by atoms with Gasteiger partial charge in [-0.2, -0.15) is 0 Å². The summed E-state index contributed by atoms with van der Waals surface area (Å²) in [5, 5.41) is 0. The summed E-state index contributed by atoms with van der Waals surface area (Å²) in [4.78, 5) is 0. The molecule has 0 N–H and O–H groups in total. The molecule has 0 unspecified atom stereocenters. The van der Waals surface area contributed by atoms with Crippen LogP contribution in [-0.4, -0.2) is 0 Å². The van der Waals surface area contributed by atoms with Crippen LogP contribution in [-0.2, 0) is 11.8 Å². The summed E-state index contributed by atoms with van der Waals surface area (Å²) in [7, 11) is 0. The topological polar surface area (TPSA) is 0 Å². The number of hydrogen-bond donors (Lipinski definition) is 0. The lowest BCUT2D eigenvalue weighted by Crippen LogP contribution is -2.63. The van der Waals surface area contributed by atoms with Crippen LogP contribution >= 0.6 is 0 Å². The SMILES string of the molecule is C/C=C/C12CC(c3ccc(-c4ccc(CC)cc4)cc3)(C1)C2. The van der Waals surface area contributed by atoms with Crippen LogP contribution in [0.4, 0.5) is 0 Å². The number of hydrogen-bond acceptors (Lipinski definition) is 0. The summed E-state index contributed by atoms with van der Waals surface area (Å²) in [5.41, 5.74) is 6.68. The van der Waals surface area contributed by atoms with Crippen molar-refractivity contribution in [1.29, 1.82) is 0 Å². The summed E-state index contributed by atoms with van der Waals surface area (Å²) in [6, 6.07) is 18.3. The highest BCUT2D eigenvalue weighted by molar-refractivity contribution is 5.64. The average molecular weight is 288 g/mol. The first kappa shape index (κ1) is 13.8. The van der Waals surface area contributed by atoms with Gasteiger partial charge in [0.25, 0.3) is 0 Å². The Morgan fingerprint density at radius 3 is 1.91 bits per heavy atom. The molecule has 3 fully saturated rings. The largest absolute Gasteiger partial charge is 0.0911 e. The van der Waals surface area contributed by atoms with Gasteiger partial charge in [-0.05, 0) is 65.7 Å². The predicted octanol–water partition coefficient (Wildman–Crippen LogP) is 5.91. The van der Waals surface area contributed by atoms with Crippen molar-refractivity contribution in [1.82, 2.24) is 0 Å². The molecule has 5 rings (SSSR count). The van der Waals surface area contributed by atoms with E-state index >= 15 is 0 Å². The molecule has 0 saturated heterocycles. The fourth-order valence-corrected chi connectivity index (χ4v) is 4.65. The van der Waals surface area contributed by atoms with Gasteiger partial charge in [-0.25, -0.2) is 0 Å². The fraction of sp³-hybridized carbons (Fsp3) is 0.364. The number of benzene rings is 2. The summed E-state index contributed by atoms with van der Waals surface area (Å²) < 4.78 is 0. The highest BCUT2D eigenvalue weighted by Gasteiger charge is 2.66. The van der Waals surface area contributed by atoms with E-state index in [-0.39, 0.29) is 0 Å². The Labute approximate surface area is 133 Å². The molecule has 0 radical (unpaired) electrons. The van der Waals surface area contributed by atoms with E-state index in [9.17, 15) is 0 Å². The summed E-state index contributed by atoms with van der Waals surface area (Å²) in [6.45, 7) is 4.35. The van der Waals surface area contributed by atoms with Crippen molar-refractivity contribution in [3.05, 3.63) is 71.8 Å². The molecule has 0 spiro atoms. The Kier molecular flexibility index (Phi) is 3.04. The third kappa shape index (κ3) is 1.97.